The molecule has 134 valence electrons. The van der Waals surface area contributed by atoms with Gasteiger partial charge in [-0.15, -0.1) is 10.2 Å². The number of thioether (sulfide) groups is 1. The lowest BCUT2D eigenvalue weighted by Gasteiger charge is -2.04. The Bertz CT molecular complexity index is 1150. The molecule has 0 saturated carbocycles. The zero-order valence-electron chi connectivity index (χ0n) is 13.9. The van der Waals surface area contributed by atoms with Crippen LogP contribution < -0.4 is 9.47 Å². The summed E-state index contributed by atoms with van der Waals surface area (Å²) in [6.45, 7) is 0.226. The maximum atomic E-state index is 6.31. The van der Waals surface area contributed by atoms with E-state index in [0.29, 0.717) is 33.5 Å². The SMILES string of the molecule is Clc1nc2ccccc2cc1CSc1nnc(-c2ccc3c(c2)OCO3)o1. The van der Waals surface area contributed by atoms with Gasteiger partial charge in [0, 0.05) is 22.3 Å². The van der Waals surface area contributed by atoms with Crippen molar-refractivity contribution in [2.75, 3.05) is 6.79 Å². The van der Waals surface area contributed by atoms with Crippen molar-refractivity contribution < 1.29 is 13.9 Å². The molecule has 0 saturated heterocycles. The second kappa shape index (κ2) is 6.75. The largest absolute Gasteiger partial charge is 0.454 e. The predicted molar refractivity (Wildman–Crippen MR) is 102 cm³/mol. The van der Waals surface area contributed by atoms with Gasteiger partial charge < -0.3 is 13.9 Å². The van der Waals surface area contributed by atoms with E-state index in [0.717, 1.165) is 22.0 Å². The highest BCUT2D eigenvalue weighted by Crippen LogP contribution is 2.36. The van der Waals surface area contributed by atoms with Crippen molar-refractivity contribution in [2.24, 2.45) is 0 Å². The second-order valence-corrected chi connectivity index (χ2v) is 7.15. The van der Waals surface area contributed by atoms with Crippen LogP contribution in [0, 0.1) is 0 Å². The van der Waals surface area contributed by atoms with E-state index < -0.39 is 0 Å². The van der Waals surface area contributed by atoms with Gasteiger partial charge in [-0.1, -0.05) is 41.6 Å². The monoisotopic (exact) mass is 397 g/mol. The normalized spacial score (nSPS) is 12.6. The highest BCUT2D eigenvalue weighted by molar-refractivity contribution is 7.98. The molecule has 0 unspecified atom stereocenters. The molecule has 6 nitrogen and oxygen atoms in total. The number of rotatable bonds is 4. The summed E-state index contributed by atoms with van der Waals surface area (Å²) in [6, 6.07) is 15.4. The van der Waals surface area contributed by atoms with E-state index in [1.165, 1.54) is 11.8 Å². The molecule has 5 rings (SSSR count). The number of halogens is 1. The first-order chi connectivity index (χ1) is 13.3. The van der Waals surface area contributed by atoms with E-state index in [2.05, 4.69) is 15.2 Å². The van der Waals surface area contributed by atoms with E-state index in [1.54, 1.807) is 0 Å². The molecule has 0 N–H and O–H groups in total. The molecule has 0 radical (unpaired) electrons. The van der Waals surface area contributed by atoms with E-state index in [1.807, 2.05) is 48.5 Å². The minimum atomic E-state index is 0.226. The lowest BCUT2D eigenvalue weighted by Crippen LogP contribution is -1.92. The van der Waals surface area contributed by atoms with Crippen molar-refractivity contribution in [3.8, 4) is 23.0 Å². The quantitative estimate of drug-likeness (QED) is 0.356. The highest BCUT2D eigenvalue weighted by Gasteiger charge is 2.17. The fraction of sp³-hybridized carbons (Fsp3) is 0.105. The summed E-state index contributed by atoms with van der Waals surface area (Å²) in [5.74, 6) is 2.40. The van der Waals surface area contributed by atoms with E-state index in [9.17, 15) is 0 Å². The smallest absolute Gasteiger partial charge is 0.277 e. The number of pyridine rings is 1. The molecule has 2 aromatic carbocycles. The fourth-order valence-corrected chi connectivity index (χ4v) is 3.82. The number of fused-ring (bicyclic) bond motifs is 2. The molecule has 0 atom stereocenters. The molecule has 0 bridgehead atoms. The summed E-state index contributed by atoms with van der Waals surface area (Å²) in [7, 11) is 0. The Balaban J connectivity index is 1.35. The second-order valence-electron chi connectivity index (χ2n) is 5.86. The summed E-state index contributed by atoms with van der Waals surface area (Å²) in [4.78, 5) is 4.43. The molecule has 0 amide bonds. The fourth-order valence-electron chi connectivity index (χ4n) is 2.79. The van der Waals surface area contributed by atoms with Crippen LogP contribution in [-0.4, -0.2) is 22.0 Å². The Labute approximate surface area is 163 Å². The molecule has 1 aliphatic rings. The van der Waals surface area contributed by atoms with Gasteiger partial charge in [-0.3, -0.25) is 0 Å². The third-order valence-corrected chi connectivity index (χ3v) is 5.32. The first kappa shape index (κ1) is 16.4. The summed E-state index contributed by atoms with van der Waals surface area (Å²) in [5, 5.41) is 10.2. The zero-order valence-corrected chi connectivity index (χ0v) is 15.5. The van der Waals surface area contributed by atoms with Gasteiger partial charge in [-0.2, -0.15) is 0 Å². The van der Waals surface area contributed by atoms with Gasteiger partial charge in [0.25, 0.3) is 5.22 Å². The molecule has 4 aromatic rings. The third kappa shape index (κ3) is 3.20. The van der Waals surface area contributed by atoms with Crippen molar-refractivity contribution in [3.63, 3.8) is 0 Å². The van der Waals surface area contributed by atoms with Crippen molar-refractivity contribution in [1.29, 1.82) is 0 Å². The third-order valence-electron chi connectivity index (χ3n) is 4.13. The van der Waals surface area contributed by atoms with Gasteiger partial charge in [-0.05, 0) is 30.3 Å². The molecule has 8 heteroatoms. The van der Waals surface area contributed by atoms with Crippen molar-refractivity contribution >= 4 is 34.3 Å². The van der Waals surface area contributed by atoms with Crippen molar-refractivity contribution in [2.45, 2.75) is 11.0 Å². The molecule has 0 aliphatic carbocycles. The summed E-state index contributed by atoms with van der Waals surface area (Å²) in [5.41, 5.74) is 2.58. The predicted octanol–water partition coefficient (Wildman–Crippen LogP) is 4.96. The van der Waals surface area contributed by atoms with Crippen LogP contribution in [0.3, 0.4) is 0 Å². The first-order valence-electron chi connectivity index (χ1n) is 8.17. The average molecular weight is 398 g/mol. The van der Waals surface area contributed by atoms with Crippen LogP contribution in [0.15, 0.2) is 58.2 Å². The van der Waals surface area contributed by atoms with Crippen LogP contribution in [0.5, 0.6) is 11.5 Å². The number of benzene rings is 2. The topological polar surface area (TPSA) is 70.3 Å². The van der Waals surface area contributed by atoms with Crippen molar-refractivity contribution in [3.05, 3.63) is 59.2 Å². The number of nitrogens with zero attached hydrogens (tertiary/aromatic N) is 3. The van der Waals surface area contributed by atoms with Crippen LogP contribution >= 0.6 is 23.4 Å². The van der Waals surface area contributed by atoms with Gasteiger partial charge in [0.15, 0.2) is 11.5 Å². The minimum absolute atomic E-state index is 0.226. The van der Waals surface area contributed by atoms with E-state index >= 15 is 0 Å². The van der Waals surface area contributed by atoms with Gasteiger partial charge in [-0.25, -0.2) is 4.98 Å². The number of aromatic nitrogens is 3. The van der Waals surface area contributed by atoms with Gasteiger partial charge in [0.05, 0.1) is 5.52 Å². The van der Waals surface area contributed by atoms with Crippen LogP contribution in [0.2, 0.25) is 5.15 Å². The molecule has 27 heavy (non-hydrogen) atoms. The van der Waals surface area contributed by atoms with Gasteiger partial charge >= 0.3 is 0 Å². The Morgan fingerprint density at radius 2 is 1.89 bits per heavy atom. The van der Waals surface area contributed by atoms with E-state index in [-0.39, 0.29) is 6.79 Å². The van der Waals surface area contributed by atoms with Gasteiger partial charge in [0.1, 0.15) is 5.15 Å². The van der Waals surface area contributed by atoms with Crippen LogP contribution in [0.4, 0.5) is 0 Å². The molecule has 0 fully saturated rings. The number of para-hydroxylation sites is 1. The number of ether oxygens (including phenoxy) is 2. The Morgan fingerprint density at radius 1 is 1.00 bits per heavy atom. The zero-order chi connectivity index (χ0) is 18.2. The maximum absolute atomic E-state index is 6.31. The summed E-state index contributed by atoms with van der Waals surface area (Å²) < 4.78 is 16.5. The van der Waals surface area contributed by atoms with E-state index in [4.69, 9.17) is 25.5 Å². The lowest BCUT2D eigenvalue weighted by molar-refractivity contribution is 0.174. The highest BCUT2D eigenvalue weighted by atomic mass is 35.5. The maximum Gasteiger partial charge on any atom is 0.277 e. The molecule has 0 spiro atoms. The molecule has 1 aliphatic heterocycles. The standard InChI is InChI=1S/C19H12ClN3O3S/c20-17-13(7-11-3-1-2-4-14(11)21-17)9-27-19-23-22-18(26-19)12-5-6-15-16(8-12)25-10-24-15/h1-8H,9-10H2. The Morgan fingerprint density at radius 3 is 2.85 bits per heavy atom. The molecule has 2 aromatic heterocycles. The Kier molecular flexibility index (Phi) is 4.10. The van der Waals surface area contributed by atoms with Crippen LogP contribution in [0.1, 0.15) is 5.56 Å². The number of hydrogen-bond acceptors (Lipinski definition) is 7. The van der Waals surface area contributed by atoms with Crippen LogP contribution in [0.25, 0.3) is 22.4 Å². The lowest BCUT2D eigenvalue weighted by atomic mass is 10.2. The summed E-state index contributed by atoms with van der Waals surface area (Å²) >= 11 is 7.72. The average Bonchev–Trinajstić information content (AvgIpc) is 3.35. The molecule has 3 heterocycles. The number of hydrogen-bond donors (Lipinski definition) is 0. The summed E-state index contributed by atoms with van der Waals surface area (Å²) in [6.07, 6.45) is 0. The van der Waals surface area contributed by atoms with Gasteiger partial charge in [0.2, 0.25) is 12.7 Å². The van der Waals surface area contributed by atoms with Crippen molar-refractivity contribution in [1.82, 2.24) is 15.2 Å². The Hall–Kier alpha value is -2.77. The van der Waals surface area contributed by atoms with Crippen LogP contribution in [-0.2, 0) is 5.75 Å². The molecular formula is C19H12ClN3O3S. The minimum Gasteiger partial charge on any atom is -0.454 e. The molecular weight excluding hydrogens is 386 g/mol. The first-order valence-corrected chi connectivity index (χ1v) is 9.53.